The highest BCUT2D eigenvalue weighted by atomic mass is 16.6. The lowest BCUT2D eigenvalue weighted by atomic mass is 9.66. The van der Waals surface area contributed by atoms with Crippen molar-refractivity contribution in [1.82, 2.24) is 0 Å². The predicted octanol–water partition coefficient (Wildman–Crippen LogP) is 0.584. The first kappa shape index (κ1) is 16.7. The number of aliphatic carboxylic acids is 1. The first-order valence-corrected chi connectivity index (χ1v) is 8.03. The molecule has 3 fully saturated rings. The number of carboxylic acid groups (broad SMARTS) is 1. The Balaban J connectivity index is 1.69. The molecule has 7 nitrogen and oxygen atoms in total. The summed E-state index contributed by atoms with van der Waals surface area (Å²) in [6.07, 6.45) is -1.20. The van der Waals surface area contributed by atoms with E-state index in [-0.39, 0.29) is 13.2 Å². The van der Waals surface area contributed by atoms with Gasteiger partial charge in [-0.05, 0) is 25.2 Å². The van der Waals surface area contributed by atoms with E-state index in [1.165, 1.54) is 0 Å². The van der Waals surface area contributed by atoms with Crippen LogP contribution in [0, 0.1) is 16.7 Å². The fourth-order valence-corrected chi connectivity index (χ4v) is 4.07. The number of esters is 1. The van der Waals surface area contributed by atoms with E-state index in [1.807, 2.05) is 13.8 Å². The molecular weight excluding hydrogens is 304 g/mol. The van der Waals surface area contributed by atoms with Crippen molar-refractivity contribution in [3.8, 4) is 0 Å². The maximum absolute atomic E-state index is 12.6. The van der Waals surface area contributed by atoms with Crippen LogP contribution in [0.5, 0.6) is 0 Å². The summed E-state index contributed by atoms with van der Waals surface area (Å²) in [5.74, 6) is -1.77. The molecule has 0 bridgehead atoms. The smallest absolute Gasteiger partial charge is 0.309 e. The fourth-order valence-electron chi connectivity index (χ4n) is 4.07. The van der Waals surface area contributed by atoms with Gasteiger partial charge < -0.3 is 24.4 Å². The van der Waals surface area contributed by atoms with Gasteiger partial charge >= 0.3 is 11.9 Å². The van der Waals surface area contributed by atoms with Gasteiger partial charge in [-0.2, -0.15) is 0 Å². The predicted molar refractivity (Wildman–Crippen MR) is 77.6 cm³/mol. The average Bonchev–Trinajstić information content (AvgIpc) is 3.08. The summed E-state index contributed by atoms with van der Waals surface area (Å²) in [7, 11) is 0. The Morgan fingerprint density at radius 3 is 2.39 bits per heavy atom. The maximum atomic E-state index is 12.6. The Morgan fingerprint density at radius 2 is 1.78 bits per heavy atom. The molecule has 3 rings (SSSR count). The molecule has 2 aliphatic heterocycles. The highest BCUT2D eigenvalue weighted by molar-refractivity contribution is 5.81. The molecule has 0 unspecified atom stereocenters. The average molecular weight is 328 g/mol. The van der Waals surface area contributed by atoms with Crippen LogP contribution >= 0.6 is 0 Å². The molecule has 0 spiro atoms. The van der Waals surface area contributed by atoms with Gasteiger partial charge in [-0.1, -0.05) is 13.8 Å². The largest absolute Gasteiger partial charge is 0.481 e. The number of fused-ring (bicyclic) bond motifs is 1. The van der Waals surface area contributed by atoms with Crippen molar-refractivity contribution in [3.63, 3.8) is 0 Å². The van der Waals surface area contributed by atoms with Gasteiger partial charge in [0.05, 0.1) is 24.5 Å². The summed E-state index contributed by atoms with van der Waals surface area (Å²) in [6.45, 7) is 5.68. The van der Waals surface area contributed by atoms with E-state index in [0.29, 0.717) is 12.8 Å². The number of hydrogen-bond acceptors (Lipinski definition) is 6. The van der Waals surface area contributed by atoms with Crippen molar-refractivity contribution < 1.29 is 34.0 Å². The Bertz CT molecular complexity index is 517. The van der Waals surface area contributed by atoms with E-state index in [9.17, 15) is 19.8 Å². The Kier molecular flexibility index (Phi) is 3.93. The molecule has 0 aromatic heterocycles. The van der Waals surface area contributed by atoms with Crippen LogP contribution in [0.1, 0.15) is 33.6 Å². The topological polar surface area (TPSA) is 102 Å². The van der Waals surface area contributed by atoms with Crippen molar-refractivity contribution in [2.24, 2.45) is 16.7 Å². The number of carbonyl (C=O) groups excluding carboxylic acids is 1. The molecule has 0 aromatic carbocycles. The minimum absolute atomic E-state index is 0.176. The number of rotatable bonds is 3. The normalized spacial score (nSPS) is 45.0. The van der Waals surface area contributed by atoms with E-state index in [1.54, 1.807) is 6.92 Å². The number of carboxylic acids is 1. The lowest BCUT2D eigenvalue weighted by Crippen LogP contribution is -2.44. The van der Waals surface area contributed by atoms with Crippen LogP contribution in [-0.2, 0) is 23.8 Å². The van der Waals surface area contributed by atoms with Gasteiger partial charge in [-0.15, -0.1) is 0 Å². The van der Waals surface area contributed by atoms with Crippen molar-refractivity contribution in [2.45, 2.75) is 58.0 Å². The molecule has 0 aromatic rings. The van der Waals surface area contributed by atoms with E-state index in [2.05, 4.69) is 0 Å². The summed E-state index contributed by atoms with van der Waals surface area (Å²) >= 11 is 0. The van der Waals surface area contributed by atoms with Crippen molar-refractivity contribution in [3.05, 3.63) is 0 Å². The molecule has 0 amide bonds. The molecule has 6 atom stereocenters. The molecule has 3 aliphatic rings. The summed E-state index contributed by atoms with van der Waals surface area (Å²) < 4.78 is 16.5. The molecular formula is C16H24O7. The van der Waals surface area contributed by atoms with Gasteiger partial charge in [-0.3, -0.25) is 9.59 Å². The third-order valence-electron chi connectivity index (χ3n) is 6.23. The van der Waals surface area contributed by atoms with Crippen molar-refractivity contribution in [1.29, 1.82) is 0 Å². The Hall–Kier alpha value is -1.18. The summed E-state index contributed by atoms with van der Waals surface area (Å²) in [5, 5.41) is 19.2. The van der Waals surface area contributed by atoms with Crippen LogP contribution in [0.25, 0.3) is 0 Å². The quantitative estimate of drug-likeness (QED) is 0.731. The zero-order chi connectivity index (χ0) is 17.0. The molecule has 1 aliphatic carbocycles. The molecule has 2 N–H and O–H groups in total. The van der Waals surface area contributed by atoms with Crippen LogP contribution in [-0.4, -0.2) is 59.8 Å². The molecule has 2 saturated heterocycles. The molecule has 1 saturated carbocycles. The minimum Gasteiger partial charge on any atom is -0.481 e. The molecule has 130 valence electrons. The van der Waals surface area contributed by atoms with Gasteiger partial charge in [0.1, 0.15) is 18.3 Å². The summed E-state index contributed by atoms with van der Waals surface area (Å²) in [6, 6.07) is 0. The molecule has 7 heteroatoms. The monoisotopic (exact) mass is 328 g/mol. The van der Waals surface area contributed by atoms with Crippen LogP contribution in [0.3, 0.4) is 0 Å². The number of aliphatic hydroxyl groups excluding tert-OH is 1. The number of carbonyl (C=O) groups is 2. The zero-order valence-electron chi connectivity index (χ0n) is 13.7. The van der Waals surface area contributed by atoms with E-state index in [0.717, 1.165) is 0 Å². The maximum Gasteiger partial charge on any atom is 0.309 e. The molecule has 2 heterocycles. The first-order chi connectivity index (χ1) is 10.7. The lowest BCUT2D eigenvalue weighted by Gasteiger charge is -2.37. The summed E-state index contributed by atoms with van der Waals surface area (Å²) in [5.41, 5.74) is -1.66. The van der Waals surface area contributed by atoms with Crippen LogP contribution in [0.15, 0.2) is 0 Å². The number of hydrogen-bond donors (Lipinski definition) is 2. The van der Waals surface area contributed by atoms with Crippen LogP contribution in [0.2, 0.25) is 0 Å². The Labute approximate surface area is 134 Å². The fraction of sp³-hybridized carbons (Fsp3) is 0.875. The van der Waals surface area contributed by atoms with Gasteiger partial charge in [0.2, 0.25) is 0 Å². The van der Waals surface area contributed by atoms with Crippen LogP contribution < -0.4 is 0 Å². The Morgan fingerprint density at radius 1 is 1.13 bits per heavy atom. The number of aliphatic hydroxyl groups is 1. The molecule has 0 radical (unpaired) electrons. The van der Waals surface area contributed by atoms with Crippen LogP contribution in [0.4, 0.5) is 0 Å². The standard InChI is InChI=1S/C16H24O7/c1-15(2)8(4-5-16(15,3)14(19)20)13(18)23-10-7-22-11-9(17)6-21-12(10)11/h8-12,17H,4-7H2,1-3H3,(H,19,20)/t8-,9+,10-,11-,12-,16+/m1/s1. The van der Waals surface area contributed by atoms with Gasteiger partial charge in [-0.25, -0.2) is 0 Å². The zero-order valence-corrected chi connectivity index (χ0v) is 13.7. The highest BCUT2D eigenvalue weighted by Gasteiger charge is 2.59. The van der Waals surface area contributed by atoms with Crippen molar-refractivity contribution in [2.75, 3.05) is 13.2 Å². The molecule has 23 heavy (non-hydrogen) atoms. The SMILES string of the molecule is CC1(C)[C@@H](C(=O)O[C@@H]2CO[C@H]3[C@@H]2OC[C@@H]3O)CC[C@@]1(C)C(=O)O. The summed E-state index contributed by atoms with van der Waals surface area (Å²) in [4.78, 5) is 24.2. The van der Waals surface area contributed by atoms with E-state index < -0.39 is 53.1 Å². The van der Waals surface area contributed by atoms with Gasteiger partial charge in [0, 0.05) is 0 Å². The first-order valence-electron chi connectivity index (χ1n) is 8.03. The number of ether oxygens (including phenoxy) is 3. The lowest BCUT2D eigenvalue weighted by molar-refractivity contribution is -0.166. The second-order valence-corrected chi connectivity index (χ2v) is 7.59. The third kappa shape index (κ3) is 2.37. The van der Waals surface area contributed by atoms with Gasteiger partial charge in [0.25, 0.3) is 0 Å². The second kappa shape index (κ2) is 5.43. The third-order valence-corrected chi connectivity index (χ3v) is 6.23. The minimum atomic E-state index is -0.953. The van der Waals surface area contributed by atoms with E-state index >= 15 is 0 Å². The van der Waals surface area contributed by atoms with E-state index in [4.69, 9.17) is 14.2 Å². The second-order valence-electron chi connectivity index (χ2n) is 7.59. The van der Waals surface area contributed by atoms with Crippen molar-refractivity contribution >= 4 is 11.9 Å². The highest BCUT2D eigenvalue weighted by Crippen LogP contribution is 2.56. The van der Waals surface area contributed by atoms with Gasteiger partial charge in [0.15, 0.2) is 6.10 Å².